The second kappa shape index (κ2) is 13.6. The first kappa shape index (κ1) is 30.9. The smallest absolute Gasteiger partial charge is 0.430 e. The van der Waals surface area contributed by atoms with Gasteiger partial charge >= 0.3 is 137 Å². The Morgan fingerprint density at radius 3 is 1.79 bits per heavy atom. The van der Waals surface area contributed by atoms with Crippen molar-refractivity contribution in [3.63, 3.8) is 0 Å². The van der Waals surface area contributed by atoms with E-state index >= 15 is 0 Å². The standard InChI is InChI=1S/C16H24N2.2C2HF3O2.Cu/c1-3-5-7-12-16-17-14-10-8-9-11-15(14)18(16)13-6-4-2;2*3-2(4,5)1(6)7;/h8-11H,3-7,12-13H2,1-2H3;2*(H,6,7);/q;;;+3/p-2. The first-order valence-corrected chi connectivity index (χ1v) is 10.3. The maximum atomic E-state index is 10.5. The molecule has 0 aromatic heterocycles. The molecule has 1 atom stereocenters. The predicted octanol–water partition coefficient (Wildman–Crippen LogP) is 3.48. The molecule has 190 valence electrons. The summed E-state index contributed by atoms with van der Waals surface area (Å²) in [6.07, 6.45) is -3.33. The van der Waals surface area contributed by atoms with Crippen LogP contribution in [0.25, 0.3) is 0 Å². The number of rotatable bonds is 7. The van der Waals surface area contributed by atoms with E-state index < -0.39 is 24.3 Å². The normalized spacial score (nSPS) is 17.1. The average Bonchev–Trinajstić information content (AvgIpc) is 2.98. The van der Waals surface area contributed by atoms with Gasteiger partial charge in [0.15, 0.2) is 0 Å². The Labute approximate surface area is 195 Å². The Hall–Kier alpha value is -2.11. The van der Waals surface area contributed by atoms with E-state index in [2.05, 4.69) is 38.1 Å². The summed E-state index contributed by atoms with van der Waals surface area (Å²) in [5, 5.41) is 17.6. The van der Waals surface area contributed by atoms with Crippen LogP contribution in [0.1, 0.15) is 52.4 Å². The van der Waals surface area contributed by atoms with E-state index in [1.165, 1.54) is 37.2 Å². The molecule has 1 aliphatic heterocycles. The van der Waals surface area contributed by atoms with Crippen LogP contribution in [-0.2, 0) is 25.8 Å². The maximum absolute atomic E-state index is 10.5. The Bertz CT molecular complexity index is 790. The monoisotopic (exact) mass is 533 g/mol. The molecule has 0 amide bonds. The number of quaternary nitrogens is 1. The number of hydrogen-bond donors (Lipinski definition) is 0. The molecule has 1 heterocycles. The number of halogens is 6. The van der Waals surface area contributed by atoms with Crippen molar-refractivity contribution < 1.29 is 62.4 Å². The van der Waals surface area contributed by atoms with Gasteiger partial charge in [-0.1, -0.05) is 0 Å². The third-order valence-corrected chi connectivity index (χ3v) is 4.83. The third-order valence-electron chi connectivity index (χ3n) is 4.15. The number of carbonyl (C=O) groups excluding carboxylic acids is 2. The zero-order valence-corrected chi connectivity index (χ0v) is 18.8. The zero-order chi connectivity index (χ0) is 25.9. The van der Waals surface area contributed by atoms with Crippen LogP contribution in [0.4, 0.5) is 37.7 Å². The van der Waals surface area contributed by atoms with Crippen molar-refractivity contribution in [2.45, 2.75) is 64.7 Å². The fourth-order valence-corrected chi connectivity index (χ4v) is 3.05. The molecule has 0 radical (unpaired) electrons. The quantitative estimate of drug-likeness (QED) is 0.305. The topological polar surface area (TPSA) is 92.6 Å². The molecule has 13 heteroatoms. The molecule has 1 aliphatic rings. The number of benzene rings is 1. The van der Waals surface area contributed by atoms with E-state index in [9.17, 15) is 26.3 Å². The summed E-state index contributed by atoms with van der Waals surface area (Å²) in [5.41, 5.74) is 2.27. The Morgan fingerprint density at radius 1 is 0.909 bits per heavy atom. The van der Waals surface area contributed by atoms with Gasteiger partial charge in [-0.15, -0.1) is 0 Å². The second-order valence-corrected chi connectivity index (χ2v) is 7.50. The average molecular weight is 534 g/mol. The summed E-state index contributed by atoms with van der Waals surface area (Å²) in [4.78, 5) is 22.4. The van der Waals surface area contributed by atoms with Gasteiger partial charge in [-0.2, -0.15) is 26.3 Å². The van der Waals surface area contributed by atoms with Crippen LogP contribution < -0.4 is 13.7 Å². The molecule has 0 spiro atoms. The van der Waals surface area contributed by atoms with Crippen LogP contribution in [0.5, 0.6) is 0 Å². The molecule has 0 aliphatic carbocycles. The number of hydrogen-bond acceptors (Lipinski definition) is 5. The molecule has 33 heavy (non-hydrogen) atoms. The Morgan fingerprint density at radius 2 is 1.36 bits per heavy atom. The van der Waals surface area contributed by atoms with Crippen LogP contribution >= 0.6 is 0 Å². The molecule has 2 rings (SSSR count). The Balaban J connectivity index is 0.000000605. The van der Waals surface area contributed by atoms with Gasteiger partial charge in [-0.05, 0) is 0 Å². The molecular weight excluding hydrogens is 510 g/mol. The third kappa shape index (κ3) is 10.6. The van der Waals surface area contributed by atoms with Gasteiger partial charge in [-0.3, -0.25) is 0 Å². The van der Waals surface area contributed by atoms with Crippen molar-refractivity contribution in [2.24, 2.45) is 4.99 Å². The van der Waals surface area contributed by atoms with Gasteiger partial charge in [0.25, 0.3) is 0 Å². The van der Waals surface area contributed by atoms with Gasteiger partial charge in [-0.25, -0.2) is 0 Å². The molecule has 0 bridgehead atoms. The van der Waals surface area contributed by atoms with E-state index in [1.807, 2.05) is 0 Å². The Kier molecular flexibility index (Phi) is 12.7. The number of carbonyl (C=O) groups is 2. The summed E-state index contributed by atoms with van der Waals surface area (Å²) in [5.74, 6) is -4.84. The van der Waals surface area contributed by atoms with Crippen LogP contribution in [0.3, 0.4) is 0 Å². The predicted molar refractivity (Wildman–Crippen MR) is 101 cm³/mol. The zero-order valence-electron chi connectivity index (χ0n) is 17.9. The van der Waals surface area contributed by atoms with E-state index in [-0.39, 0.29) is 0 Å². The van der Waals surface area contributed by atoms with Crippen LogP contribution in [-0.4, -0.2) is 36.7 Å². The number of aliphatic carboxylic acids is 2. The van der Waals surface area contributed by atoms with Crippen molar-refractivity contribution in [2.75, 3.05) is 6.54 Å². The molecule has 0 saturated heterocycles. The van der Waals surface area contributed by atoms with Gasteiger partial charge in [0, 0.05) is 0 Å². The fourth-order valence-electron chi connectivity index (χ4n) is 2.57. The van der Waals surface area contributed by atoms with Gasteiger partial charge in [0.1, 0.15) is 11.9 Å². The van der Waals surface area contributed by atoms with Gasteiger partial charge in [0.2, 0.25) is 0 Å². The molecule has 1 aromatic rings. The molecule has 6 nitrogen and oxygen atoms in total. The van der Waals surface area contributed by atoms with E-state index in [0.29, 0.717) is 3.50 Å². The molecule has 0 fully saturated rings. The minimum Gasteiger partial charge on any atom is -0.542 e. The molecule has 1 unspecified atom stereocenters. The van der Waals surface area contributed by atoms with Gasteiger partial charge in [0.05, 0.1) is 0 Å². The van der Waals surface area contributed by atoms with Crippen LogP contribution in [0.2, 0.25) is 0 Å². The van der Waals surface area contributed by atoms with Crippen LogP contribution in [0.15, 0.2) is 29.3 Å². The first-order chi connectivity index (χ1) is 15.1. The number of amidine groups is 1. The molecule has 0 saturated carbocycles. The van der Waals surface area contributed by atoms with Crippen molar-refractivity contribution in [1.29, 1.82) is 0 Å². The van der Waals surface area contributed by atoms with E-state index in [1.54, 1.807) is 0 Å². The number of carboxylic acid groups (broad SMARTS) is 2. The SMILES string of the molecule is CCCCCC1=Nc2ccccc2[N+]1([Cu+2])CCCC.O=C([O-])C(F)(F)F.O=C([O-])C(F)(F)F. The summed E-state index contributed by atoms with van der Waals surface area (Å²) in [6, 6.07) is 8.35. The number of para-hydroxylation sites is 2. The number of nitrogens with zero attached hydrogens (tertiary/aromatic N) is 2. The second-order valence-electron chi connectivity index (χ2n) is 6.78. The molecule has 0 N–H and O–H groups in total. The first-order valence-electron chi connectivity index (χ1n) is 9.89. The number of aliphatic imine (C=N–C) groups is 1. The van der Waals surface area contributed by atoms with E-state index in [0.717, 1.165) is 25.1 Å². The maximum Gasteiger partial charge on any atom is 0.430 e. The fraction of sp³-hybridized carbons (Fsp3) is 0.550. The van der Waals surface area contributed by atoms with Crippen molar-refractivity contribution in [3.05, 3.63) is 24.3 Å². The largest absolute Gasteiger partial charge is 0.542 e. The summed E-state index contributed by atoms with van der Waals surface area (Å²) in [7, 11) is 0. The number of unbranched alkanes of at least 4 members (excludes halogenated alkanes) is 3. The van der Waals surface area contributed by atoms with E-state index in [4.69, 9.17) is 41.0 Å². The minimum atomic E-state index is -5.19. The summed E-state index contributed by atoms with van der Waals surface area (Å²) < 4.78 is 63.6. The number of fused-ring (bicyclic) bond motifs is 1. The van der Waals surface area contributed by atoms with Gasteiger partial charge < -0.3 is 19.8 Å². The summed E-state index contributed by atoms with van der Waals surface area (Å²) in [6.45, 7) is 5.43. The number of carboxylic acids is 2. The van der Waals surface area contributed by atoms with Crippen molar-refractivity contribution >= 4 is 29.1 Å². The number of alkyl halides is 6. The summed E-state index contributed by atoms with van der Waals surface area (Å²) >= 11 is 6.15. The van der Waals surface area contributed by atoms with Crippen molar-refractivity contribution in [1.82, 2.24) is 3.50 Å². The van der Waals surface area contributed by atoms with Crippen molar-refractivity contribution in [3.8, 4) is 0 Å². The minimum absolute atomic E-state index is 0.501. The van der Waals surface area contributed by atoms with Crippen LogP contribution in [0, 0.1) is 0 Å². The molecular formula is C20H24CuF6N2O4+. The molecule has 1 aromatic carbocycles.